The molecule has 750 valence electrons. The Morgan fingerprint density at radius 3 is 1.15 bits per heavy atom. The lowest BCUT2D eigenvalue weighted by molar-refractivity contribution is -0.177. The van der Waals surface area contributed by atoms with E-state index in [1.165, 1.54) is 102 Å². The van der Waals surface area contributed by atoms with Crippen molar-refractivity contribution in [2.24, 2.45) is 22.7 Å². The van der Waals surface area contributed by atoms with Crippen LogP contribution in [0, 0.1) is 34.3 Å². The van der Waals surface area contributed by atoms with Crippen LogP contribution in [0.5, 0.6) is 11.5 Å². The monoisotopic (exact) mass is 1910 g/mol. The Kier molecular flexibility index (Phi) is 47.6. The van der Waals surface area contributed by atoms with E-state index in [1.807, 2.05) is 62.4 Å². The van der Waals surface area contributed by atoms with Crippen LogP contribution in [0.2, 0.25) is 0 Å². The van der Waals surface area contributed by atoms with Gasteiger partial charge in [0.1, 0.15) is 74.8 Å². The van der Waals surface area contributed by atoms with Crippen LogP contribution in [0.1, 0.15) is 243 Å². The molecule has 138 heavy (non-hydrogen) atoms. The molecule has 0 heterocycles. The molecule has 0 radical (unpaired) electrons. The lowest BCUT2D eigenvalue weighted by Gasteiger charge is -2.32. The van der Waals surface area contributed by atoms with E-state index < -0.39 is 128 Å². The Hall–Kier alpha value is -12.6. The third-order valence-electron chi connectivity index (χ3n) is 24.6. The van der Waals surface area contributed by atoms with Gasteiger partial charge in [0.2, 0.25) is 0 Å². The highest BCUT2D eigenvalue weighted by Gasteiger charge is 2.41. The first kappa shape index (κ1) is 114. The highest BCUT2D eigenvalue weighted by molar-refractivity contribution is 6.31. The summed E-state index contributed by atoms with van der Waals surface area (Å²) in [7, 11) is 3.99. The van der Waals surface area contributed by atoms with Crippen molar-refractivity contribution in [3.05, 3.63) is 202 Å². The summed E-state index contributed by atoms with van der Waals surface area (Å²) in [5.74, 6) is -10.6. The number of ether oxygens (including phenoxy) is 14. The van der Waals surface area contributed by atoms with E-state index in [1.54, 1.807) is 52.0 Å². The number of unbranched alkanes of at least 4 members (excludes halogenated alkanes) is 4. The Bertz CT molecular complexity index is 5150. The summed E-state index contributed by atoms with van der Waals surface area (Å²) < 4.78 is 106. The number of esters is 12. The SMILES string of the molecule is C.C=C(C)C(=O)OCCCc1cc(-c2ccc(-c3ccc(C4CCC(CCCCC)CC4)cc3)cc2F)c(CC)c(CCCOC(=O)C(=C)C)c1OCC(C)(COC(=O)C(=O)OC)COC(=O)C(=O)OC.C=C(C)C(=O)OCCCc1cc(-c2ccc(-c3ccc(C4CCC(CCCCC)CC4)cc3F)c(CC)c2)ccc1OCC(COC(=O)C(=C)C)(COC(=O)C(=O)OC)COC(=O)C(=O)OC. The molecule has 28 heteroatoms. The topological polar surface area (TPSA) is 334 Å². The summed E-state index contributed by atoms with van der Waals surface area (Å²) in [6, 6.07) is 32.6. The minimum Gasteiger partial charge on any atom is -0.492 e. The van der Waals surface area contributed by atoms with Gasteiger partial charge in [-0.3, -0.25) is 0 Å². The highest BCUT2D eigenvalue weighted by Crippen LogP contribution is 2.45. The van der Waals surface area contributed by atoms with E-state index in [0.29, 0.717) is 95.2 Å². The fraction of sp³-hybridized carbons (Fsp3) is 0.491. The van der Waals surface area contributed by atoms with Gasteiger partial charge in [-0.15, -0.1) is 0 Å². The van der Waals surface area contributed by atoms with Crippen molar-refractivity contribution < 1.29 is 133 Å². The van der Waals surface area contributed by atoms with E-state index in [9.17, 15) is 57.5 Å². The predicted molar refractivity (Wildman–Crippen MR) is 519 cm³/mol. The molecule has 0 aromatic heterocycles. The molecule has 0 unspecified atom stereocenters. The molecule has 2 saturated carbocycles. The first-order valence-corrected chi connectivity index (χ1v) is 47.2. The minimum atomic E-state index is -1.71. The molecule has 26 nitrogen and oxygen atoms in total. The second kappa shape index (κ2) is 57.6. The molecule has 0 bridgehead atoms. The second-order valence-corrected chi connectivity index (χ2v) is 35.8. The first-order chi connectivity index (χ1) is 65.5. The van der Waals surface area contributed by atoms with Gasteiger partial charge in [-0.1, -0.05) is 186 Å². The number of carbonyl (C=O) groups is 12. The van der Waals surface area contributed by atoms with Crippen LogP contribution in [0.4, 0.5) is 8.78 Å². The zero-order valence-corrected chi connectivity index (χ0v) is 81.9. The number of hydrogen-bond donors (Lipinski definition) is 0. The molecule has 2 aliphatic carbocycles. The van der Waals surface area contributed by atoms with Crippen molar-refractivity contribution in [3.8, 4) is 56.0 Å². The fourth-order valence-electron chi connectivity index (χ4n) is 16.6. The number of halogens is 2. The maximum absolute atomic E-state index is 16.8. The average molecular weight is 1920 g/mol. The quantitative estimate of drug-likeness (QED) is 0.0113. The van der Waals surface area contributed by atoms with Crippen LogP contribution in [-0.2, 0) is 146 Å². The maximum Gasteiger partial charge on any atom is 0.417 e. The lowest BCUT2D eigenvalue weighted by Crippen LogP contribution is -2.45. The van der Waals surface area contributed by atoms with Gasteiger partial charge in [-0.2, -0.15) is 0 Å². The number of benzene rings is 6. The summed E-state index contributed by atoms with van der Waals surface area (Å²) in [6.45, 7) is 26.8. The fourth-order valence-corrected chi connectivity index (χ4v) is 16.6. The largest absolute Gasteiger partial charge is 0.492 e. The number of hydrogen-bond acceptors (Lipinski definition) is 26. The third-order valence-corrected chi connectivity index (χ3v) is 24.6. The average Bonchev–Trinajstić information content (AvgIpc) is 0.766. The van der Waals surface area contributed by atoms with Gasteiger partial charge < -0.3 is 66.3 Å². The van der Waals surface area contributed by atoms with Gasteiger partial charge in [0.05, 0.1) is 53.7 Å². The van der Waals surface area contributed by atoms with E-state index in [2.05, 4.69) is 89.4 Å². The Morgan fingerprint density at radius 1 is 0.341 bits per heavy atom. The Balaban J connectivity index is 0.000000421. The third kappa shape index (κ3) is 34.8. The van der Waals surface area contributed by atoms with Gasteiger partial charge in [-0.05, 0) is 264 Å². The Labute approximate surface area is 811 Å². The first-order valence-electron chi connectivity index (χ1n) is 47.2. The van der Waals surface area contributed by atoms with Gasteiger partial charge in [0.15, 0.2) is 0 Å². The van der Waals surface area contributed by atoms with Crippen molar-refractivity contribution >= 4 is 71.6 Å². The summed E-state index contributed by atoms with van der Waals surface area (Å²) in [4.78, 5) is 147. The van der Waals surface area contributed by atoms with Gasteiger partial charge in [-0.25, -0.2) is 66.3 Å². The molecular weight excluding hydrogens is 1780 g/mol. The van der Waals surface area contributed by atoms with Crippen LogP contribution < -0.4 is 9.47 Å². The van der Waals surface area contributed by atoms with E-state index >= 15 is 8.78 Å². The Morgan fingerprint density at radius 2 is 0.717 bits per heavy atom. The summed E-state index contributed by atoms with van der Waals surface area (Å²) in [5.41, 5.74) is 9.19. The molecule has 0 N–H and O–H groups in total. The lowest BCUT2D eigenvalue weighted by atomic mass is 9.77. The van der Waals surface area contributed by atoms with Gasteiger partial charge in [0, 0.05) is 33.4 Å². The normalized spacial score (nSPS) is 14.4. The molecule has 0 amide bonds. The van der Waals surface area contributed by atoms with Crippen LogP contribution in [0.15, 0.2) is 152 Å². The number of rotatable bonds is 48. The highest BCUT2D eigenvalue weighted by atomic mass is 19.1. The molecule has 0 atom stereocenters. The van der Waals surface area contributed by atoms with Crippen LogP contribution in [-0.4, -0.2) is 166 Å². The van der Waals surface area contributed by atoms with E-state index in [-0.39, 0.29) is 74.8 Å². The van der Waals surface area contributed by atoms with Gasteiger partial charge >= 0.3 is 71.6 Å². The van der Waals surface area contributed by atoms with Crippen molar-refractivity contribution in [3.63, 3.8) is 0 Å². The van der Waals surface area contributed by atoms with Crippen molar-refractivity contribution in [2.45, 2.75) is 236 Å². The second-order valence-electron chi connectivity index (χ2n) is 35.8. The standard InChI is InChI=1S/C56H71FO13.C53H65FO13.CH4/c1-10-12-13-16-38-19-21-39(22-20-38)40-23-25-41(26-24-40)42-27-28-45(48(57)32-42)47-31-43(17-14-29-66-50(58)36(3)4)49(46(44(47)11-2)18-15-30-67-51(59)37(5)6)68-33-56(7,34-69-54(62)52(60)64-8)35-70-55(63)53(61)65-9;1-9-11-12-14-36-16-18-38(19-17-36)41-21-24-44(45(54)29-41)43-23-20-39(27-37(43)10-2)40-22-25-46(42(28-40)15-13-26-63-47(55)34(3)4)64-30-53(31-65-48(56)35(5)6,32-66-51(59)49(57)61-7)33-67-52(60)50(58)62-8;/h23-28,31-32,38-39H,3,5,10-22,29-30,33-35H2,1-2,4,6-9H3;20-25,27-29,36,38H,3,5,9-19,26,30-33H2,1-2,4,6-8H3;1H4. The number of carbonyl (C=O) groups excluding carboxylic acids is 12. The molecule has 2 fully saturated rings. The molecule has 2 aliphatic rings. The van der Waals surface area contributed by atoms with Crippen LogP contribution >= 0.6 is 0 Å². The molecule has 8 rings (SSSR count). The zero-order chi connectivity index (χ0) is 100. The van der Waals surface area contributed by atoms with E-state index in [4.69, 9.17) is 47.4 Å². The molecule has 6 aromatic rings. The predicted octanol–water partition coefficient (Wildman–Crippen LogP) is 20.7. The van der Waals surface area contributed by atoms with Crippen LogP contribution in [0.25, 0.3) is 44.5 Å². The zero-order valence-electron chi connectivity index (χ0n) is 81.9. The smallest absolute Gasteiger partial charge is 0.417 e. The van der Waals surface area contributed by atoms with Crippen molar-refractivity contribution in [2.75, 3.05) is 94.5 Å². The molecule has 0 spiro atoms. The molecule has 6 aromatic carbocycles. The molecule has 0 saturated heterocycles. The number of aryl methyl sites for hydroxylation is 3. The van der Waals surface area contributed by atoms with E-state index in [0.717, 1.165) is 97.6 Å². The summed E-state index contributed by atoms with van der Waals surface area (Å²) in [6.07, 6.45) is 22.6. The van der Waals surface area contributed by atoms with Crippen LogP contribution in [0.3, 0.4) is 0 Å². The van der Waals surface area contributed by atoms with Crippen molar-refractivity contribution in [1.29, 1.82) is 0 Å². The maximum atomic E-state index is 16.8. The molecular formula is C110H140F2O26. The number of methoxy groups -OCH3 is 4. The van der Waals surface area contributed by atoms with Crippen molar-refractivity contribution in [1.82, 2.24) is 0 Å². The van der Waals surface area contributed by atoms with Gasteiger partial charge in [0.25, 0.3) is 0 Å². The summed E-state index contributed by atoms with van der Waals surface area (Å²) >= 11 is 0. The summed E-state index contributed by atoms with van der Waals surface area (Å²) in [5, 5.41) is 0. The minimum absolute atomic E-state index is 0. The molecule has 0 aliphatic heterocycles.